The van der Waals surface area contributed by atoms with Crippen LogP contribution in [0.25, 0.3) is 0 Å². The van der Waals surface area contributed by atoms with Gasteiger partial charge in [-0.25, -0.2) is 0 Å². The highest BCUT2D eigenvalue weighted by molar-refractivity contribution is 9.10. The zero-order valence-electron chi connectivity index (χ0n) is 12.8. The molecule has 3 rings (SSSR count). The van der Waals surface area contributed by atoms with Crippen molar-refractivity contribution in [1.29, 1.82) is 0 Å². The van der Waals surface area contributed by atoms with Gasteiger partial charge in [0, 0.05) is 16.9 Å². The van der Waals surface area contributed by atoms with Gasteiger partial charge in [0.2, 0.25) is 0 Å². The van der Waals surface area contributed by atoms with Crippen molar-refractivity contribution in [3.05, 3.63) is 27.7 Å². The number of hydrogen-bond donors (Lipinski definition) is 1. The summed E-state index contributed by atoms with van der Waals surface area (Å²) in [6, 6.07) is 4.75. The SMILES string of the molecule is CCNC(Cc1cc(Br)cc2c1OCC2)C1CCC(C)O1. The summed E-state index contributed by atoms with van der Waals surface area (Å²) < 4.78 is 13.1. The van der Waals surface area contributed by atoms with Gasteiger partial charge in [0.15, 0.2) is 0 Å². The molecule has 2 heterocycles. The predicted octanol–water partition coefficient (Wildman–Crippen LogP) is 3.47. The second-order valence-electron chi connectivity index (χ2n) is 6.08. The number of rotatable bonds is 5. The zero-order chi connectivity index (χ0) is 14.8. The number of benzene rings is 1. The molecule has 0 aromatic heterocycles. The number of nitrogens with one attached hydrogen (secondary N) is 1. The van der Waals surface area contributed by atoms with E-state index in [4.69, 9.17) is 9.47 Å². The lowest BCUT2D eigenvalue weighted by Crippen LogP contribution is -2.41. The van der Waals surface area contributed by atoms with Crippen LogP contribution in [-0.2, 0) is 17.6 Å². The largest absolute Gasteiger partial charge is 0.493 e. The predicted molar refractivity (Wildman–Crippen MR) is 88.1 cm³/mol. The fourth-order valence-electron chi connectivity index (χ4n) is 3.46. The van der Waals surface area contributed by atoms with Crippen molar-refractivity contribution in [1.82, 2.24) is 5.32 Å². The monoisotopic (exact) mass is 353 g/mol. The van der Waals surface area contributed by atoms with Gasteiger partial charge in [-0.15, -0.1) is 0 Å². The van der Waals surface area contributed by atoms with E-state index in [2.05, 4.69) is 47.2 Å². The maximum atomic E-state index is 6.08. The molecule has 0 bridgehead atoms. The number of hydrogen-bond acceptors (Lipinski definition) is 3. The zero-order valence-corrected chi connectivity index (χ0v) is 14.4. The molecule has 1 aromatic carbocycles. The molecule has 0 aliphatic carbocycles. The summed E-state index contributed by atoms with van der Waals surface area (Å²) in [5, 5.41) is 3.61. The van der Waals surface area contributed by atoms with Crippen LogP contribution in [0.2, 0.25) is 0 Å². The first kappa shape index (κ1) is 15.3. The standard InChI is InChI=1S/C17H24BrNO2/c1-3-19-15(16-5-4-11(2)21-16)10-13-9-14(18)8-12-6-7-20-17(12)13/h8-9,11,15-16,19H,3-7,10H2,1-2H3. The van der Waals surface area contributed by atoms with Gasteiger partial charge < -0.3 is 14.8 Å². The minimum absolute atomic E-state index is 0.316. The summed E-state index contributed by atoms with van der Waals surface area (Å²) in [6.07, 6.45) is 5.00. The van der Waals surface area contributed by atoms with Crippen molar-refractivity contribution >= 4 is 15.9 Å². The van der Waals surface area contributed by atoms with Gasteiger partial charge in [-0.1, -0.05) is 22.9 Å². The summed E-state index contributed by atoms with van der Waals surface area (Å²) in [5.74, 6) is 1.10. The topological polar surface area (TPSA) is 30.5 Å². The lowest BCUT2D eigenvalue weighted by atomic mass is 9.97. The van der Waals surface area contributed by atoms with Gasteiger partial charge in [0.05, 0.1) is 18.8 Å². The Hall–Kier alpha value is -0.580. The van der Waals surface area contributed by atoms with E-state index in [-0.39, 0.29) is 0 Å². The fraction of sp³-hybridized carbons (Fsp3) is 0.647. The second kappa shape index (κ2) is 6.67. The Morgan fingerprint density at radius 3 is 2.95 bits per heavy atom. The van der Waals surface area contributed by atoms with Crippen LogP contribution in [0.1, 0.15) is 37.8 Å². The Kier molecular flexibility index (Phi) is 4.87. The minimum atomic E-state index is 0.316. The van der Waals surface area contributed by atoms with E-state index in [1.807, 2.05) is 0 Å². The van der Waals surface area contributed by atoms with Gasteiger partial charge in [-0.05, 0) is 56.0 Å². The molecule has 0 saturated carbocycles. The van der Waals surface area contributed by atoms with E-state index in [1.165, 1.54) is 17.5 Å². The molecule has 1 N–H and O–H groups in total. The number of halogens is 1. The molecule has 0 radical (unpaired) electrons. The Labute approximate surface area is 135 Å². The lowest BCUT2D eigenvalue weighted by Gasteiger charge is -2.25. The van der Waals surface area contributed by atoms with Crippen LogP contribution >= 0.6 is 15.9 Å². The molecule has 1 fully saturated rings. The van der Waals surface area contributed by atoms with Crippen molar-refractivity contribution in [3.63, 3.8) is 0 Å². The highest BCUT2D eigenvalue weighted by Gasteiger charge is 2.30. The summed E-state index contributed by atoms with van der Waals surface area (Å²) in [7, 11) is 0. The summed E-state index contributed by atoms with van der Waals surface area (Å²) >= 11 is 3.63. The number of fused-ring (bicyclic) bond motifs is 1. The van der Waals surface area contributed by atoms with E-state index in [0.717, 1.165) is 42.6 Å². The van der Waals surface area contributed by atoms with Crippen LogP contribution < -0.4 is 10.1 Å². The van der Waals surface area contributed by atoms with Crippen molar-refractivity contribution in [2.45, 2.75) is 57.8 Å². The van der Waals surface area contributed by atoms with Gasteiger partial charge in [-0.2, -0.15) is 0 Å². The van der Waals surface area contributed by atoms with Gasteiger partial charge in [0.1, 0.15) is 5.75 Å². The Morgan fingerprint density at radius 2 is 2.24 bits per heavy atom. The van der Waals surface area contributed by atoms with Crippen molar-refractivity contribution in [2.24, 2.45) is 0 Å². The normalized spacial score (nSPS) is 25.7. The second-order valence-corrected chi connectivity index (χ2v) is 7.00. The third-order valence-electron chi connectivity index (χ3n) is 4.45. The van der Waals surface area contributed by atoms with E-state index >= 15 is 0 Å². The molecule has 0 spiro atoms. The molecule has 2 aliphatic heterocycles. The van der Waals surface area contributed by atoms with Crippen LogP contribution in [0.3, 0.4) is 0 Å². The van der Waals surface area contributed by atoms with E-state index < -0.39 is 0 Å². The van der Waals surface area contributed by atoms with Crippen LogP contribution in [0, 0.1) is 0 Å². The van der Waals surface area contributed by atoms with Gasteiger partial charge >= 0.3 is 0 Å². The van der Waals surface area contributed by atoms with Crippen LogP contribution in [0.4, 0.5) is 0 Å². The smallest absolute Gasteiger partial charge is 0.125 e. The minimum Gasteiger partial charge on any atom is -0.493 e. The molecular formula is C17H24BrNO2. The van der Waals surface area contributed by atoms with Gasteiger partial charge in [0.25, 0.3) is 0 Å². The van der Waals surface area contributed by atoms with Crippen molar-refractivity contribution in [3.8, 4) is 5.75 Å². The van der Waals surface area contributed by atoms with E-state index in [1.54, 1.807) is 0 Å². The Bertz CT molecular complexity index is 506. The third-order valence-corrected chi connectivity index (χ3v) is 4.90. The molecule has 2 aliphatic rings. The molecule has 116 valence electrons. The average molecular weight is 354 g/mol. The summed E-state index contributed by atoms with van der Waals surface area (Å²) in [4.78, 5) is 0. The van der Waals surface area contributed by atoms with Crippen molar-refractivity contribution in [2.75, 3.05) is 13.2 Å². The lowest BCUT2D eigenvalue weighted by molar-refractivity contribution is 0.0323. The van der Waals surface area contributed by atoms with Crippen molar-refractivity contribution < 1.29 is 9.47 Å². The Morgan fingerprint density at radius 1 is 1.38 bits per heavy atom. The molecule has 4 heteroatoms. The highest BCUT2D eigenvalue weighted by atomic mass is 79.9. The number of ether oxygens (including phenoxy) is 2. The maximum absolute atomic E-state index is 6.08. The van der Waals surface area contributed by atoms with Crippen LogP contribution in [0.5, 0.6) is 5.75 Å². The number of likely N-dealkylation sites (N-methyl/N-ethyl adjacent to an activating group) is 1. The quantitative estimate of drug-likeness (QED) is 0.878. The first-order chi connectivity index (χ1) is 10.2. The first-order valence-corrected chi connectivity index (χ1v) is 8.79. The molecule has 1 saturated heterocycles. The van der Waals surface area contributed by atoms with E-state index in [0.29, 0.717) is 18.2 Å². The van der Waals surface area contributed by atoms with E-state index in [9.17, 15) is 0 Å². The van der Waals surface area contributed by atoms with Crippen LogP contribution in [0.15, 0.2) is 16.6 Å². The molecule has 21 heavy (non-hydrogen) atoms. The molecule has 3 atom stereocenters. The van der Waals surface area contributed by atoms with Crippen LogP contribution in [-0.4, -0.2) is 31.4 Å². The molecule has 1 aromatic rings. The average Bonchev–Trinajstić information content (AvgIpc) is 3.06. The third kappa shape index (κ3) is 3.43. The summed E-state index contributed by atoms with van der Waals surface area (Å²) in [5.41, 5.74) is 2.63. The fourth-order valence-corrected chi connectivity index (χ4v) is 4.01. The highest BCUT2D eigenvalue weighted by Crippen LogP contribution is 2.35. The Balaban J connectivity index is 1.80. The molecular weight excluding hydrogens is 330 g/mol. The molecule has 0 amide bonds. The first-order valence-electron chi connectivity index (χ1n) is 8.00. The summed E-state index contributed by atoms with van der Waals surface area (Å²) in [6.45, 7) is 6.10. The molecule has 3 unspecified atom stereocenters. The van der Waals surface area contributed by atoms with Gasteiger partial charge in [-0.3, -0.25) is 0 Å². The molecule has 3 nitrogen and oxygen atoms in total. The maximum Gasteiger partial charge on any atom is 0.125 e.